The van der Waals surface area contributed by atoms with Crippen molar-refractivity contribution < 1.29 is 14.7 Å². The predicted octanol–water partition coefficient (Wildman–Crippen LogP) is 1.37. The topological polar surface area (TPSA) is 69.6 Å². The van der Waals surface area contributed by atoms with Crippen LogP contribution in [0.1, 0.15) is 51.4 Å². The molecule has 0 aromatic heterocycles. The quantitative estimate of drug-likeness (QED) is 0.752. The highest BCUT2D eigenvalue weighted by molar-refractivity contribution is 5.87. The molecule has 5 nitrogen and oxygen atoms in total. The summed E-state index contributed by atoms with van der Waals surface area (Å²) in [6, 6.07) is 0. The lowest BCUT2D eigenvalue weighted by Crippen LogP contribution is -2.44. The number of allylic oxidation sites excluding steroid dienone is 1. The summed E-state index contributed by atoms with van der Waals surface area (Å²) < 4.78 is 0. The number of carbonyl (C=O) groups excluding carboxylic acids is 2. The van der Waals surface area contributed by atoms with Crippen LogP contribution >= 0.6 is 0 Å². The summed E-state index contributed by atoms with van der Waals surface area (Å²) in [5.74, 6) is -0.438. The molecule has 1 unspecified atom stereocenters. The molecule has 1 aliphatic carbocycles. The molecule has 1 atom stereocenters. The molecule has 0 radical (unpaired) electrons. The zero-order valence-electron chi connectivity index (χ0n) is 12.6. The maximum Gasteiger partial charge on any atom is 0.251 e. The molecule has 5 heteroatoms. The van der Waals surface area contributed by atoms with Gasteiger partial charge in [0.15, 0.2) is 0 Å². The number of aliphatic hydroxyl groups is 1. The Morgan fingerprint density at radius 3 is 2.95 bits per heavy atom. The average molecular weight is 294 g/mol. The van der Waals surface area contributed by atoms with E-state index in [1.165, 1.54) is 23.3 Å². The van der Waals surface area contributed by atoms with Crippen LogP contribution in [0.2, 0.25) is 0 Å². The van der Waals surface area contributed by atoms with Gasteiger partial charge >= 0.3 is 0 Å². The van der Waals surface area contributed by atoms with E-state index in [-0.39, 0.29) is 18.4 Å². The van der Waals surface area contributed by atoms with E-state index in [9.17, 15) is 14.7 Å². The summed E-state index contributed by atoms with van der Waals surface area (Å²) in [5, 5.41) is 12.5. The summed E-state index contributed by atoms with van der Waals surface area (Å²) in [5.41, 5.74) is 1.43. The molecule has 1 heterocycles. The molecule has 0 spiro atoms. The van der Waals surface area contributed by atoms with Crippen molar-refractivity contribution >= 4 is 11.8 Å². The molecule has 2 rings (SSSR count). The minimum atomic E-state index is -0.937. The standard InChI is InChI=1S/C16H26N2O3/c19-14-8-4-5-11-18(16(14)21)12-15(20)17-10-9-13-6-2-1-3-7-13/h6,14,19H,1-5,7-12H2,(H,17,20). The number of nitrogens with one attached hydrogen (secondary N) is 1. The fourth-order valence-electron chi connectivity index (χ4n) is 2.97. The van der Waals surface area contributed by atoms with E-state index in [4.69, 9.17) is 0 Å². The Labute approximate surface area is 126 Å². The number of hydrogen-bond acceptors (Lipinski definition) is 3. The van der Waals surface area contributed by atoms with Gasteiger partial charge in [0, 0.05) is 13.1 Å². The highest BCUT2D eigenvalue weighted by Crippen LogP contribution is 2.19. The number of rotatable bonds is 5. The fourth-order valence-corrected chi connectivity index (χ4v) is 2.97. The lowest BCUT2D eigenvalue weighted by atomic mass is 9.97. The van der Waals surface area contributed by atoms with Gasteiger partial charge in [-0.3, -0.25) is 9.59 Å². The lowest BCUT2D eigenvalue weighted by molar-refractivity contribution is -0.142. The summed E-state index contributed by atoms with van der Waals surface area (Å²) >= 11 is 0. The molecule has 0 aromatic carbocycles. The van der Waals surface area contributed by atoms with Crippen LogP contribution in [0.25, 0.3) is 0 Å². The number of nitrogens with zero attached hydrogens (tertiary/aromatic N) is 1. The summed E-state index contributed by atoms with van der Waals surface area (Å²) in [7, 11) is 0. The van der Waals surface area contributed by atoms with Crippen LogP contribution in [0.3, 0.4) is 0 Å². The molecule has 1 saturated heterocycles. The van der Waals surface area contributed by atoms with Gasteiger partial charge < -0.3 is 15.3 Å². The van der Waals surface area contributed by atoms with Crippen molar-refractivity contribution in [3.63, 3.8) is 0 Å². The van der Waals surface area contributed by atoms with Crippen LogP contribution in [-0.4, -0.2) is 47.6 Å². The molecule has 21 heavy (non-hydrogen) atoms. The number of hydrogen-bond donors (Lipinski definition) is 2. The van der Waals surface area contributed by atoms with Gasteiger partial charge in [-0.2, -0.15) is 0 Å². The summed E-state index contributed by atoms with van der Waals surface area (Å²) in [6.07, 6.45) is 9.26. The van der Waals surface area contributed by atoms with Gasteiger partial charge in [0.2, 0.25) is 5.91 Å². The second-order valence-corrected chi connectivity index (χ2v) is 5.98. The van der Waals surface area contributed by atoms with E-state index in [1.807, 2.05) is 0 Å². The third kappa shape index (κ3) is 5.16. The monoisotopic (exact) mass is 294 g/mol. The maximum atomic E-state index is 11.9. The van der Waals surface area contributed by atoms with Gasteiger partial charge in [0.05, 0.1) is 6.54 Å². The van der Waals surface area contributed by atoms with Crippen molar-refractivity contribution in [3.05, 3.63) is 11.6 Å². The zero-order chi connectivity index (χ0) is 15.1. The van der Waals surface area contributed by atoms with E-state index in [2.05, 4.69) is 11.4 Å². The van der Waals surface area contributed by atoms with Crippen molar-refractivity contribution in [2.45, 2.75) is 57.5 Å². The summed E-state index contributed by atoms with van der Waals surface area (Å²) in [4.78, 5) is 25.3. The molecule has 0 saturated carbocycles. The highest BCUT2D eigenvalue weighted by Gasteiger charge is 2.26. The van der Waals surface area contributed by atoms with Crippen molar-refractivity contribution in [2.75, 3.05) is 19.6 Å². The molecule has 2 aliphatic rings. The van der Waals surface area contributed by atoms with Crippen LogP contribution in [0, 0.1) is 0 Å². The minimum Gasteiger partial charge on any atom is -0.383 e. The van der Waals surface area contributed by atoms with E-state index in [0.29, 0.717) is 19.5 Å². The zero-order valence-corrected chi connectivity index (χ0v) is 12.6. The van der Waals surface area contributed by atoms with Crippen molar-refractivity contribution in [2.24, 2.45) is 0 Å². The first-order chi connectivity index (χ1) is 10.2. The summed E-state index contributed by atoms with van der Waals surface area (Å²) in [6.45, 7) is 1.26. The molecule has 1 aliphatic heterocycles. The molecule has 0 aromatic rings. The van der Waals surface area contributed by atoms with Gasteiger partial charge in [0.25, 0.3) is 5.91 Å². The van der Waals surface area contributed by atoms with Gasteiger partial charge in [-0.15, -0.1) is 0 Å². The van der Waals surface area contributed by atoms with Gasteiger partial charge in [-0.05, 0) is 51.4 Å². The molecule has 0 bridgehead atoms. The molecule has 2 amide bonds. The average Bonchev–Trinajstić information content (AvgIpc) is 2.64. The number of likely N-dealkylation sites (tertiary alicyclic amines) is 1. The van der Waals surface area contributed by atoms with E-state index in [0.717, 1.165) is 32.1 Å². The predicted molar refractivity (Wildman–Crippen MR) is 80.6 cm³/mol. The van der Waals surface area contributed by atoms with Crippen molar-refractivity contribution in [1.82, 2.24) is 10.2 Å². The molecular formula is C16H26N2O3. The number of carbonyl (C=O) groups is 2. The number of amides is 2. The van der Waals surface area contributed by atoms with Crippen molar-refractivity contribution in [3.8, 4) is 0 Å². The Bertz CT molecular complexity index is 406. The van der Waals surface area contributed by atoms with Crippen LogP contribution in [-0.2, 0) is 9.59 Å². The Morgan fingerprint density at radius 2 is 2.19 bits per heavy atom. The van der Waals surface area contributed by atoms with E-state index >= 15 is 0 Å². The Balaban J connectivity index is 1.70. The van der Waals surface area contributed by atoms with Gasteiger partial charge in [-0.25, -0.2) is 0 Å². The third-order valence-corrected chi connectivity index (χ3v) is 4.24. The Morgan fingerprint density at radius 1 is 1.33 bits per heavy atom. The van der Waals surface area contributed by atoms with Crippen LogP contribution in [0.4, 0.5) is 0 Å². The second-order valence-electron chi connectivity index (χ2n) is 5.98. The van der Waals surface area contributed by atoms with Crippen LogP contribution < -0.4 is 5.32 Å². The first kappa shape index (κ1) is 16.0. The van der Waals surface area contributed by atoms with Gasteiger partial charge in [0.1, 0.15) is 6.10 Å². The molecule has 1 fully saturated rings. The first-order valence-electron chi connectivity index (χ1n) is 8.08. The fraction of sp³-hybridized carbons (Fsp3) is 0.750. The molecule has 2 N–H and O–H groups in total. The molecule has 118 valence electrons. The Kier molecular flexibility index (Phi) is 6.23. The third-order valence-electron chi connectivity index (χ3n) is 4.24. The second kappa shape index (κ2) is 8.17. The van der Waals surface area contributed by atoms with Gasteiger partial charge in [-0.1, -0.05) is 11.6 Å². The minimum absolute atomic E-state index is 0.0644. The largest absolute Gasteiger partial charge is 0.383 e. The lowest BCUT2D eigenvalue weighted by Gasteiger charge is -2.21. The normalized spacial score (nSPS) is 23.5. The van der Waals surface area contributed by atoms with Crippen molar-refractivity contribution in [1.29, 1.82) is 0 Å². The van der Waals surface area contributed by atoms with Crippen LogP contribution in [0.5, 0.6) is 0 Å². The maximum absolute atomic E-state index is 11.9. The van der Waals surface area contributed by atoms with Crippen LogP contribution in [0.15, 0.2) is 11.6 Å². The first-order valence-corrected chi connectivity index (χ1v) is 8.08. The van der Waals surface area contributed by atoms with E-state index in [1.54, 1.807) is 0 Å². The molecular weight excluding hydrogens is 268 g/mol. The highest BCUT2D eigenvalue weighted by atomic mass is 16.3. The Hall–Kier alpha value is -1.36. The van der Waals surface area contributed by atoms with E-state index < -0.39 is 6.10 Å². The smallest absolute Gasteiger partial charge is 0.251 e. The SMILES string of the molecule is O=C(CN1CCCCC(O)C1=O)NCCC1=CCCCC1. The number of aliphatic hydroxyl groups excluding tert-OH is 1.